The zero-order chi connectivity index (χ0) is 14.3. The van der Waals surface area contributed by atoms with Crippen LogP contribution in [0.4, 0.5) is 5.69 Å². The lowest BCUT2D eigenvalue weighted by molar-refractivity contribution is -0.119. The normalized spacial score (nSPS) is 17.4. The van der Waals surface area contributed by atoms with E-state index in [-0.39, 0.29) is 11.3 Å². The molecule has 3 heteroatoms. The number of benzene rings is 2. The Kier molecular flexibility index (Phi) is 3.06. The summed E-state index contributed by atoms with van der Waals surface area (Å²) >= 11 is 6.56. The van der Waals surface area contributed by atoms with Crippen molar-refractivity contribution >= 4 is 23.2 Å². The Morgan fingerprint density at radius 1 is 1.05 bits per heavy atom. The number of nitrogens with one attached hydrogen (secondary N) is 1. The van der Waals surface area contributed by atoms with Crippen molar-refractivity contribution in [1.29, 1.82) is 0 Å². The van der Waals surface area contributed by atoms with Crippen LogP contribution in [0.1, 0.15) is 35.9 Å². The molecule has 102 valence electrons. The molecule has 1 unspecified atom stereocenters. The third-order valence-electron chi connectivity index (χ3n) is 3.92. The first-order valence-electron chi connectivity index (χ1n) is 6.65. The van der Waals surface area contributed by atoms with Gasteiger partial charge in [0.05, 0.1) is 10.8 Å². The molecule has 2 aromatic rings. The molecule has 20 heavy (non-hydrogen) atoms. The summed E-state index contributed by atoms with van der Waals surface area (Å²) in [7, 11) is 0. The Bertz CT molecular complexity index is 664. The molecular weight excluding hydrogens is 270 g/mol. The largest absolute Gasteiger partial charge is 0.325 e. The third-order valence-corrected chi connectivity index (χ3v) is 4.42. The topological polar surface area (TPSA) is 29.1 Å². The highest BCUT2D eigenvalue weighted by atomic mass is 35.5. The minimum absolute atomic E-state index is 0.0375. The van der Waals surface area contributed by atoms with E-state index in [2.05, 4.69) is 5.32 Å². The molecule has 1 N–H and O–H groups in total. The first-order chi connectivity index (χ1) is 9.50. The Balaban J connectivity index is 2.02. The van der Waals surface area contributed by atoms with Gasteiger partial charge in [0.15, 0.2) is 0 Å². The van der Waals surface area contributed by atoms with Crippen LogP contribution in [-0.4, -0.2) is 5.91 Å². The fraction of sp³-hybridized carbons (Fsp3) is 0.235. The number of fused-ring (bicyclic) bond motifs is 1. The smallest absolute Gasteiger partial charge is 0.234 e. The molecule has 0 aromatic heterocycles. The monoisotopic (exact) mass is 285 g/mol. The first-order valence-corrected chi connectivity index (χ1v) is 7.08. The van der Waals surface area contributed by atoms with E-state index in [0.717, 1.165) is 22.4 Å². The van der Waals surface area contributed by atoms with Gasteiger partial charge < -0.3 is 5.32 Å². The highest BCUT2D eigenvalue weighted by Crippen LogP contribution is 2.40. The second kappa shape index (κ2) is 4.64. The molecule has 2 nitrogen and oxygen atoms in total. The number of halogens is 1. The van der Waals surface area contributed by atoms with Crippen LogP contribution in [0.2, 0.25) is 0 Å². The summed E-state index contributed by atoms with van der Waals surface area (Å²) in [5.74, 6) is 0.0375. The summed E-state index contributed by atoms with van der Waals surface area (Å²) in [6.45, 7) is 3.87. The number of hydrogen-bond donors (Lipinski definition) is 1. The minimum Gasteiger partial charge on any atom is -0.325 e. The van der Waals surface area contributed by atoms with Gasteiger partial charge in [0.2, 0.25) is 5.91 Å². The molecule has 1 amide bonds. The summed E-state index contributed by atoms with van der Waals surface area (Å²) in [6, 6.07) is 15.9. The van der Waals surface area contributed by atoms with Crippen molar-refractivity contribution in [3.05, 3.63) is 65.2 Å². The van der Waals surface area contributed by atoms with E-state index >= 15 is 0 Å². The molecular formula is C17H16ClNO. The number of anilines is 1. The highest BCUT2D eigenvalue weighted by Gasteiger charge is 2.38. The maximum atomic E-state index is 12.0. The van der Waals surface area contributed by atoms with Gasteiger partial charge in [0, 0.05) is 5.69 Å². The summed E-state index contributed by atoms with van der Waals surface area (Å²) in [6.07, 6.45) is 0. The lowest BCUT2D eigenvalue weighted by Gasteiger charge is -2.17. The van der Waals surface area contributed by atoms with Crippen LogP contribution in [0.25, 0.3) is 0 Å². The van der Waals surface area contributed by atoms with Gasteiger partial charge in [-0.1, -0.05) is 42.5 Å². The summed E-state index contributed by atoms with van der Waals surface area (Å²) in [5, 5.41) is 2.71. The number of rotatable bonds is 2. The Hall–Kier alpha value is -1.80. The van der Waals surface area contributed by atoms with Gasteiger partial charge in [-0.05, 0) is 36.6 Å². The number of alkyl halides is 1. The molecule has 1 aliphatic rings. The molecule has 0 aliphatic carbocycles. The molecule has 0 radical (unpaired) electrons. The predicted molar refractivity (Wildman–Crippen MR) is 82.2 cm³/mol. The molecule has 0 saturated carbocycles. The summed E-state index contributed by atoms with van der Waals surface area (Å²) in [5.41, 5.74) is 3.48. The zero-order valence-corrected chi connectivity index (χ0v) is 12.2. The predicted octanol–water partition coefficient (Wildman–Crippen LogP) is 4.24. The Labute approximate surface area is 123 Å². The lowest BCUT2D eigenvalue weighted by Crippen LogP contribution is -2.26. The van der Waals surface area contributed by atoms with E-state index in [9.17, 15) is 4.79 Å². The molecule has 2 aromatic carbocycles. The van der Waals surface area contributed by atoms with Crippen molar-refractivity contribution in [2.75, 3.05) is 5.32 Å². The van der Waals surface area contributed by atoms with Crippen molar-refractivity contribution < 1.29 is 4.79 Å². The molecule has 0 saturated heterocycles. The molecule has 3 rings (SSSR count). The summed E-state index contributed by atoms with van der Waals surface area (Å²) < 4.78 is 0. The van der Waals surface area contributed by atoms with E-state index in [1.807, 2.05) is 62.4 Å². The van der Waals surface area contributed by atoms with Gasteiger partial charge in [0.25, 0.3) is 0 Å². The number of carbonyl (C=O) groups is 1. The summed E-state index contributed by atoms with van der Waals surface area (Å²) in [4.78, 5) is 12.0. The highest BCUT2D eigenvalue weighted by molar-refractivity contribution is 6.22. The van der Waals surface area contributed by atoms with Gasteiger partial charge >= 0.3 is 0 Å². The second-order valence-corrected chi connectivity index (χ2v) is 6.09. The average molecular weight is 286 g/mol. The molecule has 0 spiro atoms. The quantitative estimate of drug-likeness (QED) is 0.822. The van der Waals surface area contributed by atoms with Crippen LogP contribution in [0, 0.1) is 0 Å². The molecule has 1 aliphatic heterocycles. The Morgan fingerprint density at radius 3 is 2.45 bits per heavy atom. The van der Waals surface area contributed by atoms with Crippen molar-refractivity contribution in [3.63, 3.8) is 0 Å². The molecule has 1 heterocycles. The van der Waals surface area contributed by atoms with Crippen LogP contribution < -0.4 is 5.32 Å². The van der Waals surface area contributed by atoms with Gasteiger partial charge in [-0.2, -0.15) is 0 Å². The van der Waals surface area contributed by atoms with Crippen LogP contribution in [0.3, 0.4) is 0 Å². The van der Waals surface area contributed by atoms with Crippen molar-refractivity contribution in [2.24, 2.45) is 0 Å². The van der Waals surface area contributed by atoms with E-state index in [0.29, 0.717) is 0 Å². The molecule has 1 atom stereocenters. The molecule has 0 fully saturated rings. The van der Waals surface area contributed by atoms with Gasteiger partial charge in [0.1, 0.15) is 0 Å². The van der Waals surface area contributed by atoms with Gasteiger partial charge in [-0.25, -0.2) is 0 Å². The van der Waals surface area contributed by atoms with Crippen LogP contribution in [0.15, 0.2) is 48.5 Å². The number of hydrogen-bond acceptors (Lipinski definition) is 1. The standard InChI is InChI=1S/C17H16ClNO/c1-17(2)13-10-12(8-9-14(13)19-16(17)20)15(18)11-6-4-3-5-7-11/h3-10,15H,1-2H3,(H,19,20). The fourth-order valence-electron chi connectivity index (χ4n) is 2.56. The molecule has 0 bridgehead atoms. The first kappa shape index (κ1) is 13.2. The van der Waals surface area contributed by atoms with E-state index < -0.39 is 5.41 Å². The fourth-order valence-corrected chi connectivity index (χ4v) is 2.84. The van der Waals surface area contributed by atoms with Crippen molar-refractivity contribution in [2.45, 2.75) is 24.6 Å². The van der Waals surface area contributed by atoms with E-state index in [1.54, 1.807) is 0 Å². The third kappa shape index (κ3) is 2.01. The van der Waals surface area contributed by atoms with E-state index in [1.165, 1.54) is 0 Å². The van der Waals surface area contributed by atoms with Crippen LogP contribution in [-0.2, 0) is 10.2 Å². The SMILES string of the molecule is CC1(C)C(=O)Nc2ccc(C(Cl)c3ccccc3)cc21. The van der Waals surface area contributed by atoms with Crippen LogP contribution >= 0.6 is 11.6 Å². The number of amides is 1. The maximum absolute atomic E-state index is 12.0. The minimum atomic E-state index is -0.501. The Morgan fingerprint density at radius 2 is 1.75 bits per heavy atom. The zero-order valence-electron chi connectivity index (χ0n) is 11.5. The maximum Gasteiger partial charge on any atom is 0.234 e. The second-order valence-electron chi connectivity index (χ2n) is 5.66. The van der Waals surface area contributed by atoms with E-state index in [4.69, 9.17) is 11.6 Å². The van der Waals surface area contributed by atoms with Crippen molar-refractivity contribution in [3.8, 4) is 0 Å². The van der Waals surface area contributed by atoms with Gasteiger partial charge in [-0.15, -0.1) is 11.6 Å². The van der Waals surface area contributed by atoms with Crippen molar-refractivity contribution in [1.82, 2.24) is 0 Å². The lowest BCUT2D eigenvalue weighted by atomic mass is 9.85. The average Bonchev–Trinajstić information content (AvgIpc) is 2.69. The number of carbonyl (C=O) groups excluding carboxylic acids is 1. The van der Waals surface area contributed by atoms with Gasteiger partial charge in [-0.3, -0.25) is 4.79 Å². The van der Waals surface area contributed by atoms with Crippen LogP contribution in [0.5, 0.6) is 0 Å².